The summed E-state index contributed by atoms with van der Waals surface area (Å²) in [4.78, 5) is 30.0. The van der Waals surface area contributed by atoms with E-state index in [-0.39, 0.29) is 0 Å². The number of hydrogen-bond acceptors (Lipinski definition) is 5. The van der Waals surface area contributed by atoms with Crippen LogP contribution in [0.15, 0.2) is 29.3 Å². The number of aromatic carboxylic acids is 1. The fourth-order valence-electron chi connectivity index (χ4n) is 1.49. The highest BCUT2D eigenvalue weighted by atomic mass is 16.4. The third kappa shape index (κ3) is 2.10. The van der Waals surface area contributed by atoms with E-state index in [1.807, 2.05) is 0 Å². The van der Waals surface area contributed by atoms with Crippen LogP contribution >= 0.6 is 0 Å². The molecule has 0 aliphatic rings. The number of pyridine rings is 1. The fraction of sp³-hybridized carbons (Fsp3) is 0.182. The van der Waals surface area contributed by atoms with Gasteiger partial charge in [0.15, 0.2) is 5.82 Å². The van der Waals surface area contributed by atoms with E-state index in [0.717, 1.165) is 0 Å². The molecule has 2 heterocycles. The lowest BCUT2D eigenvalue weighted by Gasteiger charge is -2.09. The molecule has 7 nitrogen and oxygen atoms in total. The lowest BCUT2D eigenvalue weighted by atomic mass is 10.2. The van der Waals surface area contributed by atoms with Crippen molar-refractivity contribution < 1.29 is 9.90 Å². The predicted octanol–water partition coefficient (Wildman–Crippen LogP) is 0.418. The summed E-state index contributed by atoms with van der Waals surface area (Å²) in [6, 6.07) is 3.35. The number of nitrogens with zero attached hydrogens (tertiary/aromatic N) is 4. The van der Waals surface area contributed by atoms with Crippen molar-refractivity contribution in [2.75, 3.05) is 0 Å². The molecule has 0 aromatic carbocycles. The number of carboxylic acid groups (broad SMARTS) is 1. The monoisotopic (exact) mass is 246 g/mol. The van der Waals surface area contributed by atoms with Crippen molar-refractivity contribution in [3.8, 4) is 11.4 Å². The molecule has 0 amide bonds. The molecule has 0 radical (unpaired) electrons. The predicted molar refractivity (Wildman–Crippen MR) is 62.2 cm³/mol. The summed E-state index contributed by atoms with van der Waals surface area (Å²) >= 11 is 0. The van der Waals surface area contributed by atoms with Crippen LogP contribution in [-0.4, -0.2) is 30.8 Å². The van der Waals surface area contributed by atoms with Crippen LogP contribution in [0.25, 0.3) is 11.4 Å². The molecule has 0 unspecified atom stereocenters. The van der Waals surface area contributed by atoms with Gasteiger partial charge in [0.05, 0.1) is 0 Å². The van der Waals surface area contributed by atoms with Gasteiger partial charge < -0.3 is 5.11 Å². The Bertz CT molecular complexity index is 636. The van der Waals surface area contributed by atoms with Gasteiger partial charge in [-0.25, -0.2) is 9.48 Å². The largest absolute Gasteiger partial charge is 0.476 e. The Balaban J connectivity index is 2.66. The molecule has 2 rings (SSSR count). The number of rotatable bonds is 3. The summed E-state index contributed by atoms with van der Waals surface area (Å²) in [5.74, 6) is -1.05. The first-order valence-electron chi connectivity index (χ1n) is 5.26. The highest BCUT2D eigenvalue weighted by Gasteiger charge is 2.16. The first kappa shape index (κ1) is 11.9. The second kappa shape index (κ2) is 4.74. The molecular weight excluding hydrogens is 236 g/mol. The smallest absolute Gasteiger partial charge is 0.362 e. The highest BCUT2D eigenvalue weighted by molar-refractivity contribution is 5.84. The van der Waals surface area contributed by atoms with E-state index in [4.69, 9.17) is 5.11 Å². The Morgan fingerprint density at radius 2 is 2.06 bits per heavy atom. The lowest BCUT2D eigenvalue weighted by molar-refractivity contribution is 0.0685. The van der Waals surface area contributed by atoms with Gasteiger partial charge in [-0.1, -0.05) is 0 Å². The van der Waals surface area contributed by atoms with E-state index in [9.17, 15) is 9.59 Å². The number of aromatic nitrogens is 4. The van der Waals surface area contributed by atoms with Crippen molar-refractivity contribution in [3.05, 3.63) is 40.6 Å². The summed E-state index contributed by atoms with van der Waals surface area (Å²) in [6.45, 7) is 2.20. The van der Waals surface area contributed by atoms with E-state index in [1.165, 1.54) is 4.68 Å². The van der Waals surface area contributed by atoms with Gasteiger partial charge in [0.1, 0.15) is 0 Å². The zero-order valence-corrected chi connectivity index (χ0v) is 9.57. The molecule has 0 fully saturated rings. The Hall–Kier alpha value is -2.57. The first-order valence-corrected chi connectivity index (χ1v) is 5.26. The lowest BCUT2D eigenvalue weighted by Crippen LogP contribution is -2.26. The van der Waals surface area contributed by atoms with Gasteiger partial charge in [-0.2, -0.15) is 10.1 Å². The summed E-state index contributed by atoms with van der Waals surface area (Å²) in [7, 11) is 0. The molecule has 1 N–H and O–H groups in total. The molecule has 0 atom stereocenters. The summed E-state index contributed by atoms with van der Waals surface area (Å²) in [6.07, 6.45) is 3.12. The first-order chi connectivity index (χ1) is 8.63. The molecule has 92 valence electrons. The van der Waals surface area contributed by atoms with Crippen LogP contribution in [0.1, 0.15) is 17.4 Å². The van der Waals surface area contributed by atoms with Gasteiger partial charge in [-0.15, -0.1) is 0 Å². The summed E-state index contributed by atoms with van der Waals surface area (Å²) in [5, 5.41) is 12.6. The van der Waals surface area contributed by atoms with Gasteiger partial charge in [0, 0.05) is 24.5 Å². The average molecular weight is 246 g/mol. The maximum atomic E-state index is 11.5. The second-order valence-corrected chi connectivity index (χ2v) is 3.45. The van der Waals surface area contributed by atoms with E-state index in [0.29, 0.717) is 17.9 Å². The van der Waals surface area contributed by atoms with Crippen molar-refractivity contribution in [2.45, 2.75) is 13.5 Å². The molecule has 0 spiro atoms. The molecule has 0 aliphatic carbocycles. The number of hydrogen-bond donors (Lipinski definition) is 1. The maximum absolute atomic E-state index is 11.5. The standard InChI is InChI=1S/C11H10N4O3/c1-2-15-9(7-3-5-12-6-4-7)13-10(16)8(14-15)11(17)18/h3-6H,2H2,1H3,(H,17,18). The number of carboxylic acids is 1. The van der Waals surface area contributed by atoms with Crippen LogP contribution in [0.3, 0.4) is 0 Å². The van der Waals surface area contributed by atoms with Crippen molar-refractivity contribution in [1.82, 2.24) is 19.7 Å². The second-order valence-electron chi connectivity index (χ2n) is 3.45. The topological polar surface area (TPSA) is 98.0 Å². The quantitative estimate of drug-likeness (QED) is 0.842. The normalized spacial score (nSPS) is 10.3. The minimum atomic E-state index is -1.38. The van der Waals surface area contributed by atoms with E-state index in [2.05, 4.69) is 15.1 Å². The van der Waals surface area contributed by atoms with E-state index < -0.39 is 17.2 Å². The van der Waals surface area contributed by atoms with Crippen LogP contribution < -0.4 is 5.56 Å². The van der Waals surface area contributed by atoms with Crippen LogP contribution in [0, 0.1) is 0 Å². The van der Waals surface area contributed by atoms with Crippen LogP contribution in [0.5, 0.6) is 0 Å². The molecule has 7 heteroatoms. The highest BCUT2D eigenvalue weighted by Crippen LogP contribution is 2.13. The Morgan fingerprint density at radius 3 is 2.61 bits per heavy atom. The van der Waals surface area contributed by atoms with E-state index in [1.54, 1.807) is 31.5 Å². The molecule has 0 aliphatic heterocycles. The van der Waals surface area contributed by atoms with Gasteiger partial charge in [0.25, 0.3) is 0 Å². The summed E-state index contributed by atoms with van der Waals surface area (Å²) < 4.78 is 1.38. The molecular formula is C11H10N4O3. The number of aryl methyl sites for hydroxylation is 1. The Kier molecular flexibility index (Phi) is 3.13. The zero-order chi connectivity index (χ0) is 13.1. The minimum absolute atomic E-state index is 0.329. The zero-order valence-electron chi connectivity index (χ0n) is 9.57. The molecule has 2 aromatic rings. The summed E-state index contributed by atoms with van der Waals surface area (Å²) in [5.41, 5.74) is -0.762. The van der Waals surface area contributed by atoms with Gasteiger partial charge in [-0.05, 0) is 19.1 Å². The SMILES string of the molecule is CCn1nc(C(=O)O)c(=O)nc1-c1ccncc1. The van der Waals surface area contributed by atoms with Crippen molar-refractivity contribution in [1.29, 1.82) is 0 Å². The van der Waals surface area contributed by atoms with Crippen LogP contribution in [-0.2, 0) is 6.54 Å². The Labute approximate surface area is 102 Å². The van der Waals surface area contributed by atoms with Gasteiger partial charge in [0.2, 0.25) is 5.69 Å². The molecule has 0 saturated heterocycles. The van der Waals surface area contributed by atoms with Crippen LogP contribution in [0.2, 0.25) is 0 Å². The minimum Gasteiger partial charge on any atom is -0.476 e. The Morgan fingerprint density at radius 1 is 1.39 bits per heavy atom. The molecule has 0 bridgehead atoms. The molecule has 18 heavy (non-hydrogen) atoms. The van der Waals surface area contributed by atoms with Crippen LogP contribution in [0.4, 0.5) is 0 Å². The maximum Gasteiger partial charge on any atom is 0.362 e. The van der Waals surface area contributed by atoms with Gasteiger partial charge >= 0.3 is 11.5 Å². The van der Waals surface area contributed by atoms with E-state index >= 15 is 0 Å². The fourth-order valence-corrected chi connectivity index (χ4v) is 1.49. The van der Waals surface area contributed by atoms with Crippen molar-refractivity contribution in [2.24, 2.45) is 0 Å². The molecule has 0 saturated carbocycles. The third-order valence-electron chi connectivity index (χ3n) is 2.32. The third-order valence-corrected chi connectivity index (χ3v) is 2.32. The number of carbonyl (C=O) groups is 1. The van der Waals surface area contributed by atoms with Gasteiger partial charge in [-0.3, -0.25) is 9.78 Å². The van der Waals surface area contributed by atoms with Crippen molar-refractivity contribution >= 4 is 5.97 Å². The van der Waals surface area contributed by atoms with Crippen molar-refractivity contribution in [3.63, 3.8) is 0 Å². The average Bonchev–Trinajstić information content (AvgIpc) is 2.39. The molecule has 2 aromatic heterocycles.